The molecule has 2 N–H and O–H groups in total. The van der Waals surface area contributed by atoms with Gasteiger partial charge < -0.3 is 10.4 Å². The molecule has 0 radical (unpaired) electrons. The normalized spacial score (nSPS) is 10.0. The highest BCUT2D eigenvalue weighted by Gasteiger charge is 2.07. The molecule has 3 nitrogen and oxygen atoms in total. The third-order valence-electron chi connectivity index (χ3n) is 1.95. The monoisotopic (exact) mass is 227 g/mol. The van der Waals surface area contributed by atoms with Crippen LogP contribution in [0.25, 0.3) is 0 Å². The van der Waals surface area contributed by atoms with Gasteiger partial charge in [-0.25, -0.2) is 0 Å². The molecule has 0 unspecified atom stereocenters. The maximum Gasteiger partial charge on any atom is 0.224 e. The van der Waals surface area contributed by atoms with Crippen LogP contribution in [-0.4, -0.2) is 17.6 Å². The number of rotatable bonds is 4. The van der Waals surface area contributed by atoms with Crippen LogP contribution in [-0.2, 0) is 11.2 Å². The average molecular weight is 228 g/mol. The lowest BCUT2D eigenvalue weighted by Gasteiger charge is -2.05. The van der Waals surface area contributed by atoms with Gasteiger partial charge in [0.2, 0.25) is 5.91 Å². The first-order valence-electron chi connectivity index (χ1n) is 4.87. The van der Waals surface area contributed by atoms with Gasteiger partial charge in [0.1, 0.15) is 5.75 Å². The molecule has 0 saturated heterocycles. The van der Waals surface area contributed by atoms with Crippen LogP contribution in [0.5, 0.6) is 5.75 Å². The van der Waals surface area contributed by atoms with Crippen molar-refractivity contribution >= 4 is 17.5 Å². The zero-order valence-corrected chi connectivity index (χ0v) is 9.34. The summed E-state index contributed by atoms with van der Waals surface area (Å²) in [4.78, 5) is 11.4. The van der Waals surface area contributed by atoms with E-state index in [9.17, 15) is 9.90 Å². The minimum Gasteiger partial charge on any atom is -0.508 e. The van der Waals surface area contributed by atoms with Crippen molar-refractivity contribution in [2.75, 3.05) is 6.54 Å². The van der Waals surface area contributed by atoms with Crippen molar-refractivity contribution in [3.8, 4) is 5.75 Å². The zero-order chi connectivity index (χ0) is 11.3. The van der Waals surface area contributed by atoms with Gasteiger partial charge in [0.15, 0.2) is 0 Å². The smallest absolute Gasteiger partial charge is 0.224 e. The van der Waals surface area contributed by atoms with E-state index in [4.69, 9.17) is 11.6 Å². The number of phenols is 1. The predicted molar refractivity (Wildman–Crippen MR) is 60.1 cm³/mol. The van der Waals surface area contributed by atoms with Gasteiger partial charge in [0, 0.05) is 11.6 Å². The van der Waals surface area contributed by atoms with E-state index >= 15 is 0 Å². The number of amides is 1. The van der Waals surface area contributed by atoms with E-state index in [0.29, 0.717) is 17.1 Å². The number of hydrogen-bond donors (Lipinski definition) is 2. The van der Waals surface area contributed by atoms with Gasteiger partial charge >= 0.3 is 0 Å². The number of carbonyl (C=O) groups is 1. The molecule has 0 bridgehead atoms. The van der Waals surface area contributed by atoms with Gasteiger partial charge in [-0.1, -0.05) is 18.5 Å². The highest BCUT2D eigenvalue weighted by Crippen LogP contribution is 2.21. The fraction of sp³-hybridized carbons (Fsp3) is 0.364. The van der Waals surface area contributed by atoms with Crippen LogP contribution >= 0.6 is 11.6 Å². The number of aromatic hydroxyl groups is 1. The van der Waals surface area contributed by atoms with Crippen molar-refractivity contribution in [1.29, 1.82) is 0 Å². The van der Waals surface area contributed by atoms with E-state index < -0.39 is 0 Å². The molecule has 1 aromatic rings. The summed E-state index contributed by atoms with van der Waals surface area (Å²) >= 11 is 5.88. The van der Waals surface area contributed by atoms with E-state index in [2.05, 4.69) is 5.32 Å². The van der Waals surface area contributed by atoms with Crippen molar-refractivity contribution in [3.05, 3.63) is 28.8 Å². The van der Waals surface area contributed by atoms with Crippen molar-refractivity contribution in [2.24, 2.45) is 0 Å². The first kappa shape index (κ1) is 11.9. The Hall–Kier alpha value is -1.22. The second kappa shape index (κ2) is 5.61. The molecule has 4 heteroatoms. The molecule has 0 aliphatic heterocycles. The summed E-state index contributed by atoms with van der Waals surface area (Å²) in [6.07, 6.45) is 1.10. The SMILES string of the molecule is CCCNC(=O)Cc1cc(O)ccc1Cl. The minimum absolute atomic E-state index is 0.0793. The molecule has 15 heavy (non-hydrogen) atoms. The highest BCUT2D eigenvalue weighted by atomic mass is 35.5. The second-order valence-electron chi connectivity index (χ2n) is 3.30. The Labute approximate surface area is 94.1 Å². The number of phenolic OH excluding ortho intramolecular Hbond substituents is 1. The van der Waals surface area contributed by atoms with Crippen LogP contribution in [0, 0.1) is 0 Å². The van der Waals surface area contributed by atoms with E-state index in [1.807, 2.05) is 6.92 Å². The summed E-state index contributed by atoms with van der Waals surface area (Å²) in [5.41, 5.74) is 0.644. The second-order valence-corrected chi connectivity index (χ2v) is 3.71. The van der Waals surface area contributed by atoms with Crippen LogP contribution in [0.1, 0.15) is 18.9 Å². The summed E-state index contributed by atoms with van der Waals surface area (Å²) in [6.45, 7) is 2.65. The molecule has 0 spiro atoms. The summed E-state index contributed by atoms with van der Waals surface area (Å²) < 4.78 is 0. The molecule has 0 saturated carbocycles. The lowest BCUT2D eigenvalue weighted by Crippen LogP contribution is -2.25. The van der Waals surface area contributed by atoms with E-state index in [1.165, 1.54) is 12.1 Å². The molecule has 0 aliphatic rings. The quantitative estimate of drug-likeness (QED) is 0.828. The van der Waals surface area contributed by atoms with Crippen LogP contribution in [0.15, 0.2) is 18.2 Å². The lowest BCUT2D eigenvalue weighted by atomic mass is 10.1. The minimum atomic E-state index is -0.0793. The summed E-state index contributed by atoms with van der Waals surface area (Å²) in [5, 5.41) is 12.5. The Morgan fingerprint density at radius 3 is 2.93 bits per heavy atom. The van der Waals surface area contributed by atoms with Crippen molar-refractivity contribution in [2.45, 2.75) is 19.8 Å². The van der Waals surface area contributed by atoms with E-state index in [1.54, 1.807) is 6.07 Å². The fourth-order valence-electron chi connectivity index (χ4n) is 1.20. The molecule has 82 valence electrons. The third kappa shape index (κ3) is 3.80. The first-order valence-corrected chi connectivity index (χ1v) is 5.25. The summed E-state index contributed by atoms with van der Waals surface area (Å²) in [5.74, 6) is 0.0436. The van der Waals surface area contributed by atoms with Crippen LogP contribution < -0.4 is 5.32 Å². The van der Waals surface area contributed by atoms with Gasteiger partial charge in [0.25, 0.3) is 0 Å². The largest absolute Gasteiger partial charge is 0.508 e. The molecule has 1 rings (SSSR count). The van der Waals surface area contributed by atoms with Gasteiger partial charge in [0.05, 0.1) is 6.42 Å². The number of carbonyl (C=O) groups excluding carboxylic acids is 1. The van der Waals surface area contributed by atoms with Gasteiger partial charge in [-0.05, 0) is 30.2 Å². The highest BCUT2D eigenvalue weighted by molar-refractivity contribution is 6.31. The lowest BCUT2D eigenvalue weighted by molar-refractivity contribution is -0.120. The molecule has 0 aromatic heterocycles. The van der Waals surface area contributed by atoms with Crippen molar-refractivity contribution < 1.29 is 9.90 Å². The molecular formula is C11H14ClNO2. The number of nitrogens with one attached hydrogen (secondary N) is 1. The average Bonchev–Trinajstić information content (AvgIpc) is 2.20. The maximum atomic E-state index is 11.4. The van der Waals surface area contributed by atoms with Gasteiger partial charge in [-0.3, -0.25) is 4.79 Å². The number of hydrogen-bond acceptors (Lipinski definition) is 2. The molecular weight excluding hydrogens is 214 g/mol. The Bertz CT molecular complexity index is 352. The molecule has 1 amide bonds. The van der Waals surface area contributed by atoms with Crippen molar-refractivity contribution in [1.82, 2.24) is 5.32 Å². The summed E-state index contributed by atoms with van der Waals surface area (Å²) in [6, 6.07) is 4.59. The standard InChI is InChI=1S/C11H14ClNO2/c1-2-5-13-11(15)7-8-6-9(14)3-4-10(8)12/h3-4,6,14H,2,5,7H2,1H3,(H,13,15). The van der Waals surface area contributed by atoms with Crippen LogP contribution in [0.3, 0.4) is 0 Å². The van der Waals surface area contributed by atoms with Crippen LogP contribution in [0.4, 0.5) is 0 Å². The van der Waals surface area contributed by atoms with Crippen LogP contribution in [0.2, 0.25) is 5.02 Å². The predicted octanol–water partition coefficient (Wildman–Crippen LogP) is 2.11. The Morgan fingerprint density at radius 2 is 2.27 bits per heavy atom. The molecule has 0 heterocycles. The molecule has 0 aliphatic carbocycles. The Morgan fingerprint density at radius 1 is 1.53 bits per heavy atom. The van der Waals surface area contributed by atoms with E-state index in [-0.39, 0.29) is 18.1 Å². The molecule has 1 aromatic carbocycles. The number of halogens is 1. The fourth-order valence-corrected chi connectivity index (χ4v) is 1.38. The molecule has 0 fully saturated rings. The van der Waals surface area contributed by atoms with Gasteiger partial charge in [-0.2, -0.15) is 0 Å². The maximum absolute atomic E-state index is 11.4. The third-order valence-corrected chi connectivity index (χ3v) is 2.32. The Kier molecular flexibility index (Phi) is 4.43. The zero-order valence-electron chi connectivity index (χ0n) is 8.59. The summed E-state index contributed by atoms with van der Waals surface area (Å²) in [7, 11) is 0. The first-order chi connectivity index (χ1) is 7.13. The van der Waals surface area contributed by atoms with E-state index in [0.717, 1.165) is 6.42 Å². The topological polar surface area (TPSA) is 49.3 Å². The Balaban J connectivity index is 2.63. The van der Waals surface area contributed by atoms with Gasteiger partial charge in [-0.15, -0.1) is 0 Å². The molecule has 0 atom stereocenters. The number of benzene rings is 1. The van der Waals surface area contributed by atoms with Crippen molar-refractivity contribution in [3.63, 3.8) is 0 Å².